The number of thioether (sulfide) groups is 1. The topological polar surface area (TPSA) is 78.1 Å². The molecule has 0 bridgehead atoms. The number of nitrogens with two attached hydrogens (primary N) is 1. The van der Waals surface area contributed by atoms with Crippen LogP contribution in [0.4, 0.5) is 0 Å². The molecule has 0 amide bonds. The van der Waals surface area contributed by atoms with Crippen LogP contribution >= 0.6 is 11.8 Å². The number of nitrogens with zero attached hydrogens (tertiary/aromatic N) is 3. The summed E-state index contributed by atoms with van der Waals surface area (Å²) in [5, 5.41) is 9.42. The number of likely N-dealkylation sites (tertiary alicyclic amines) is 1. The lowest BCUT2D eigenvalue weighted by molar-refractivity contribution is 0.0303. The van der Waals surface area contributed by atoms with Crippen LogP contribution in [0.5, 0.6) is 0 Å². The Hall–Kier alpha value is -3.46. The summed E-state index contributed by atoms with van der Waals surface area (Å²) in [6.07, 6.45) is 55.8. The number of rotatable bonds is 5. The Morgan fingerprint density at radius 2 is 1.75 bits per heavy atom. The molecule has 17 unspecified atom stereocenters. The van der Waals surface area contributed by atoms with Gasteiger partial charge in [0.1, 0.15) is 24.3 Å². The number of fused-ring (bicyclic) bond motifs is 12. The third-order valence-electron chi connectivity index (χ3n) is 19.6. The highest BCUT2D eigenvalue weighted by atomic mass is 32.2. The lowest BCUT2D eigenvalue weighted by Crippen LogP contribution is -2.58. The summed E-state index contributed by atoms with van der Waals surface area (Å²) in [4.78, 5) is 11.8. The molecule has 8 heteroatoms. The van der Waals surface area contributed by atoms with Crippen molar-refractivity contribution in [3.63, 3.8) is 0 Å². The van der Waals surface area contributed by atoms with Crippen molar-refractivity contribution in [3.05, 3.63) is 118 Å². The molecule has 5 fully saturated rings. The number of hydrogen-bond acceptors (Lipinski definition) is 8. The third kappa shape index (κ3) is 6.66. The van der Waals surface area contributed by atoms with E-state index in [2.05, 4.69) is 111 Å². The quantitative estimate of drug-likeness (QED) is 0.237. The molecule has 14 aliphatic rings. The number of allylic oxidation sites excluding steroid dienone is 10. The minimum Gasteiger partial charge on any atom is -0.490 e. The van der Waals surface area contributed by atoms with Crippen LogP contribution in [0.3, 0.4) is 0 Å². The van der Waals surface area contributed by atoms with E-state index in [0.717, 1.165) is 60.8 Å². The van der Waals surface area contributed by atoms with Crippen LogP contribution in [-0.4, -0.2) is 74.8 Å². The van der Waals surface area contributed by atoms with Crippen molar-refractivity contribution in [2.45, 2.75) is 181 Å². The highest BCUT2D eigenvalue weighted by molar-refractivity contribution is 8.01. The first kappa shape index (κ1) is 40.6. The van der Waals surface area contributed by atoms with Gasteiger partial charge in [-0.2, -0.15) is 0 Å². The molecule has 65 heavy (non-hydrogen) atoms. The van der Waals surface area contributed by atoms with Crippen LogP contribution in [0.1, 0.15) is 122 Å². The Kier molecular flexibility index (Phi) is 10.2. The van der Waals surface area contributed by atoms with E-state index in [1.165, 1.54) is 107 Å². The van der Waals surface area contributed by atoms with Crippen molar-refractivity contribution in [2.75, 3.05) is 0 Å². The maximum Gasteiger partial charge on any atom is 0.125 e. The lowest BCUT2D eigenvalue weighted by atomic mass is 9.66. The zero-order valence-corrected chi connectivity index (χ0v) is 39.3. The van der Waals surface area contributed by atoms with Crippen LogP contribution in [0, 0.1) is 41.4 Å². The smallest absolute Gasteiger partial charge is 0.125 e. The average Bonchev–Trinajstić information content (AvgIpc) is 4.11. The number of hydrogen-bond donors (Lipinski definition) is 3. The van der Waals surface area contributed by atoms with E-state index >= 15 is 0 Å². The third-order valence-corrected chi connectivity index (χ3v) is 21.3. The molecule has 7 nitrogen and oxygen atoms in total. The van der Waals surface area contributed by atoms with Crippen LogP contribution in [0.15, 0.2) is 123 Å². The fraction of sp³-hybridized carbons (Fsp3) is 0.632. The van der Waals surface area contributed by atoms with Gasteiger partial charge in [-0.05, 0) is 162 Å². The molecule has 0 aromatic heterocycles. The SMILES string of the molecule is NC1=CC(C2=NC(C3=CC=CCC3)NC(C3=CCC4SC5CCC=CC5C4=C3)N2)CCC1N1C2=C(CCC=C2)C2CCC3C(C4CCCCC4N3C3CC=C4OC5C=CCCC5C4C3)C21. The van der Waals surface area contributed by atoms with Crippen LogP contribution in [0.2, 0.25) is 0 Å². The summed E-state index contributed by atoms with van der Waals surface area (Å²) < 4.78 is 6.63. The summed E-state index contributed by atoms with van der Waals surface area (Å²) in [5.74, 6) is 6.72. The minimum absolute atomic E-state index is 0.0217. The molecular weight excluding hydrogens is 817 g/mol. The second-order valence-corrected chi connectivity index (χ2v) is 24.1. The fourth-order valence-corrected chi connectivity index (χ4v) is 18.6. The minimum atomic E-state index is -0.0217. The number of ether oxygens (including phenoxy) is 1. The molecule has 14 rings (SSSR count). The molecular formula is C57H72N6OS. The molecule has 0 aromatic rings. The average molecular weight is 889 g/mol. The lowest BCUT2D eigenvalue weighted by Gasteiger charge is -2.50. The highest BCUT2D eigenvalue weighted by Crippen LogP contribution is 2.60. The standard InChI is InChI=1S/C57H72N6OS/c58-44-31-35(57-60-55(33-12-2-1-3-13-33)59-56(61-57)34-23-29-52-43(30-34)39-16-7-11-21-51(39)65-52)22-26-47(44)63-45-18-8-4-14-37(45)40-25-27-48-53(54(40)63)41-17-5-9-19-46(41)62(48)36-24-28-50-42(32-36)38-15-6-10-20-49(38)64-50/h1-2,7-8,10,12,16,18,20,23,28,30-31,35-36,38-42,46-49,51-56,59H,3-6,9,11,13-15,17,19,21-22,24-27,29,32,58H2,(H,60,61). The molecule has 17 atom stereocenters. The summed E-state index contributed by atoms with van der Waals surface area (Å²) in [5.41, 5.74) is 16.5. The molecule has 5 aliphatic heterocycles. The summed E-state index contributed by atoms with van der Waals surface area (Å²) in [6, 6.07) is 2.86. The Morgan fingerprint density at radius 3 is 2.69 bits per heavy atom. The van der Waals surface area contributed by atoms with Gasteiger partial charge in [0, 0.05) is 75.7 Å². The van der Waals surface area contributed by atoms with Gasteiger partial charge < -0.3 is 20.7 Å². The first-order valence-electron chi connectivity index (χ1n) is 26.8. The van der Waals surface area contributed by atoms with Gasteiger partial charge in [-0.1, -0.05) is 73.6 Å². The molecule has 0 aromatic carbocycles. The molecule has 342 valence electrons. The molecule has 2 saturated carbocycles. The van der Waals surface area contributed by atoms with Crippen LogP contribution < -0.4 is 16.4 Å². The first-order valence-corrected chi connectivity index (χ1v) is 27.7. The monoisotopic (exact) mass is 889 g/mol. The maximum absolute atomic E-state index is 7.58. The number of aliphatic imine (C=N–C) groups is 1. The zero-order chi connectivity index (χ0) is 42.8. The van der Waals surface area contributed by atoms with Crippen molar-refractivity contribution in [2.24, 2.45) is 52.2 Å². The van der Waals surface area contributed by atoms with Crippen molar-refractivity contribution >= 4 is 17.6 Å². The van der Waals surface area contributed by atoms with E-state index in [-0.39, 0.29) is 24.3 Å². The van der Waals surface area contributed by atoms with Gasteiger partial charge in [0.25, 0.3) is 0 Å². The normalized spacial score (nSPS) is 45.8. The predicted molar refractivity (Wildman–Crippen MR) is 264 cm³/mol. The zero-order valence-electron chi connectivity index (χ0n) is 38.5. The van der Waals surface area contributed by atoms with E-state index < -0.39 is 0 Å². The number of nitrogens with one attached hydrogen (secondary N) is 2. The molecule has 5 heterocycles. The molecule has 0 spiro atoms. The second-order valence-electron chi connectivity index (χ2n) is 22.6. The van der Waals surface area contributed by atoms with Gasteiger partial charge in [-0.25, -0.2) is 4.99 Å². The predicted octanol–water partition coefficient (Wildman–Crippen LogP) is 10.4. The largest absolute Gasteiger partial charge is 0.490 e. The summed E-state index contributed by atoms with van der Waals surface area (Å²) in [7, 11) is 0. The number of amidine groups is 1. The van der Waals surface area contributed by atoms with Crippen LogP contribution in [0.25, 0.3) is 0 Å². The van der Waals surface area contributed by atoms with E-state index in [0.29, 0.717) is 59.1 Å². The van der Waals surface area contributed by atoms with Gasteiger partial charge in [0.15, 0.2) is 0 Å². The van der Waals surface area contributed by atoms with E-state index in [4.69, 9.17) is 15.5 Å². The Bertz CT molecular complexity index is 2310. The fourth-order valence-electron chi connectivity index (χ4n) is 16.9. The van der Waals surface area contributed by atoms with Gasteiger partial charge in [-0.15, -0.1) is 11.8 Å². The summed E-state index contributed by atoms with van der Waals surface area (Å²) in [6.45, 7) is 0. The molecule has 0 radical (unpaired) electrons. The van der Waals surface area contributed by atoms with E-state index in [9.17, 15) is 0 Å². The van der Waals surface area contributed by atoms with Crippen molar-refractivity contribution in [1.82, 2.24) is 20.4 Å². The Labute approximate surface area is 392 Å². The van der Waals surface area contributed by atoms with E-state index in [1.54, 1.807) is 16.8 Å². The molecule has 4 N–H and O–H groups in total. The summed E-state index contributed by atoms with van der Waals surface area (Å²) >= 11 is 2.23. The van der Waals surface area contributed by atoms with Crippen molar-refractivity contribution in [1.29, 1.82) is 0 Å². The first-order chi connectivity index (χ1) is 32.1. The van der Waals surface area contributed by atoms with E-state index in [1.807, 2.05) is 0 Å². The Balaban J connectivity index is 0.762. The Morgan fingerprint density at radius 1 is 0.831 bits per heavy atom. The molecule has 9 aliphatic carbocycles. The van der Waals surface area contributed by atoms with Gasteiger partial charge in [0.05, 0.1) is 11.8 Å². The van der Waals surface area contributed by atoms with Crippen molar-refractivity contribution in [3.8, 4) is 0 Å². The molecule has 3 saturated heterocycles. The van der Waals surface area contributed by atoms with Crippen molar-refractivity contribution < 1.29 is 4.74 Å². The van der Waals surface area contributed by atoms with Gasteiger partial charge >= 0.3 is 0 Å². The van der Waals surface area contributed by atoms with Crippen LogP contribution in [-0.2, 0) is 4.74 Å². The second kappa shape index (κ2) is 16.4. The maximum atomic E-state index is 7.58. The highest BCUT2D eigenvalue weighted by Gasteiger charge is 2.62. The van der Waals surface area contributed by atoms with Gasteiger partial charge in [-0.3, -0.25) is 10.2 Å². The van der Waals surface area contributed by atoms with Gasteiger partial charge in [0.2, 0.25) is 0 Å².